The number of fused-ring (bicyclic) bond motifs is 1. The summed E-state index contributed by atoms with van der Waals surface area (Å²) in [6.07, 6.45) is 5.40. The highest BCUT2D eigenvalue weighted by atomic mass is 16.6. The fourth-order valence-corrected chi connectivity index (χ4v) is 3.91. The Bertz CT molecular complexity index is 1050. The number of hydrogen-bond donors (Lipinski definition) is 3. The van der Waals surface area contributed by atoms with Gasteiger partial charge in [0.2, 0.25) is 0 Å². The topological polar surface area (TPSA) is 123 Å². The molecule has 1 fully saturated rings. The zero-order valence-corrected chi connectivity index (χ0v) is 16.1. The van der Waals surface area contributed by atoms with Crippen LogP contribution in [-0.4, -0.2) is 39.0 Å². The normalized spacial score (nSPS) is 19.1. The van der Waals surface area contributed by atoms with Gasteiger partial charge in [0.05, 0.1) is 10.9 Å². The van der Waals surface area contributed by atoms with E-state index in [4.69, 9.17) is 10.5 Å². The summed E-state index contributed by atoms with van der Waals surface area (Å²) in [5, 5.41) is 4.14. The fourth-order valence-electron chi connectivity index (χ4n) is 3.91. The number of aromatic amines is 1. The molecular weight excluding hydrogens is 370 g/mol. The first kappa shape index (κ1) is 18.9. The fraction of sp³-hybridized carbons (Fsp3) is 0.333. The van der Waals surface area contributed by atoms with Crippen LogP contribution < -0.4 is 11.1 Å². The predicted molar refractivity (Wildman–Crippen MR) is 109 cm³/mol. The molecule has 8 nitrogen and oxygen atoms in total. The quantitative estimate of drug-likeness (QED) is 0.572. The summed E-state index contributed by atoms with van der Waals surface area (Å²) >= 11 is 0. The van der Waals surface area contributed by atoms with E-state index in [-0.39, 0.29) is 17.9 Å². The Balaban J connectivity index is 1.58. The minimum Gasteiger partial charge on any atom is -0.446 e. The van der Waals surface area contributed by atoms with Crippen LogP contribution in [-0.2, 0) is 4.74 Å². The van der Waals surface area contributed by atoms with Gasteiger partial charge in [-0.1, -0.05) is 24.3 Å². The van der Waals surface area contributed by atoms with Gasteiger partial charge in [-0.05, 0) is 38.2 Å². The van der Waals surface area contributed by atoms with Gasteiger partial charge in [-0.25, -0.2) is 14.8 Å². The molecule has 1 aliphatic rings. The molecule has 29 heavy (non-hydrogen) atoms. The van der Waals surface area contributed by atoms with E-state index in [0.717, 1.165) is 31.2 Å². The molecule has 150 valence electrons. The summed E-state index contributed by atoms with van der Waals surface area (Å²) in [4.78, 5) is 35.8. The van der Waals surface area contributed by atoms with Gasteiger partial charge in [-0.3, -0.25) is 4.79 Å². The highest BCUT2D eigenvalue weighted by molar-refractivity contribution is 6.18. The number of rotatable bonds is 5. The number of aromatic nitrogens is 3. The summed E-state index contributed by atoms with van der Waals surface area (Å²) in [7, 11) is 0. The number of nitrogens with one attached hydrogen (secondary N) is 2. The first-order chi connectivity index (χ1) is 14.0. The Morgan fingerprint density at radius 1 is 1.14 bits per heavy atom. The van der Waals surface area contributed by atoms with E-state index in [0.29, 0.717) is 28.0 Å². The average molecular weight is 393 g/mol. The van der Waals surface area contributed by atoms with Gasteiger partial charge in [0.1, 0.15) is 23.9 Å². The van der Waals surface area contributed by atoms with Crippen LogP contribution in [0.25, 0.3) is 11.0 Å². The number of ketones is 1. The Hall–Kier alpha value is -3.42. The molecule has 0 atom stereocenters. The van der Waals surface area contributed by atoms with Crippen LogP contribution in [0.1, 0.15) is 47.2 Å². The lowest BCUT2D eigenvalue weighted by molar-refractivity contribution is 0.0805. The number of nitrogens with zero attached hydrogens (tertiary/aromatic N) is 2. The van der Waals surface area contributed by atoms with E-state index in [2.05, 4.69) is 20.3 Å². The molecule has 0 aliphatic heterocycles. The Morgan fingerprint density at radius 3 is 2.62 bits per heavy atom. The van der Waals surface area contributed by atoms with E-state index in [1.807, 2.05) is 31.2 Å². The van der Waals surface area contributed by atoms with Crippen LogP contribution in [0, 0.1) is 6.92 Å². The molecule has 1 amide bonds. The number of carbonyl (C=O) groups is 2. The van der Waals surface area contributed by atoms with Crippen molar-refractivity contribution < 1.29 is 14.3 Å². The van der Waals surface area contributed by atoms with Crippen molar-refractivity contribution in [3.05, 3.63) is 53.5 Å². The van der Waals surface area contributed by atoms with Crippen LogP contribution in [0.15, 0.2) is 36.8 Å². The molecule has 2 aromatic heterocycles. The van der Waals surface area contributed by atoms with E-state index in [1.165, 1.54) is 6.33 Å². The first-order valence-corrected chi connectivity index (χ1v) is 9.68. The molecule has 1 aromatic carbocycles. The van der Waals surface area contributed by atoms with Crippen LogP contribution >= 0.6 is 0 Å². The zero-order valence-electron chi connectivity index (χ0n) is 16.1. The van der Waals surface area contributed by atoms with Crippen LogP contribution in [0.5, 0.6) is 0 Å². The second-order valence-electron chi connectivity index (χ2n) is 7.35. The number of hydrogen-bond acceptors (Lipinski definition) is 6. The van der Waals surface area contributed by atoms with Gasteiger partial charge in [0, 0.05) is 17.8 Å². The lowest BCUT2D eigenvalue weighted by Crippen LogP contribution is -2.32. The highest BCUT2D eigenvalue weighted by Gasteiger charge is 2.25. The lowest BCUT2D eigenvalue weighted by atomic mass is 9.92. The van der Waals surface area contributed by atoms with Crippen molar-refractivity contribution in [3.8, 4) is 0 Å². The van der Waals surface area contributed by atoms with Crippen molar-refractivity contribution in [1.82, 2.24) is 15.0 Å². The molecule has 0 bridgehead atoms. The summed E-state index contributed by atoms with van der Waals surface area (Å²) in [6.45, 7) is 1.92. The smallest absolute Gasteiger partial charge is 0.404 e. The van der Waals surface area contributed by atoms with E-state index < -0.39 is 6.09 Å². The minimum absolute atomic E-state index is 0.0641. The van der Waals surface area contributed by atoms with Crippen LogP contribution in [0.4, 0.5) is 10.6 Å². The Morgan fingerprint density at radius 2 is 1.90 bits per heavy atom. The maximum absolute atomic E-state index is 13.2. The summed E-state index contributed by atoms with van der Waals surface area (Å²) < 4.78 is 5.09. The molecule has 0 spiro atoms. The molecule has 0 unspecified atom stereocenters. The van der Waals surface area contributed by atoms with E-state index in [9.17, 15) is 9.59 Å². The zero-order chi connectivity index (χ0) is 20.4. The lowest BCUT2D eigenvalue weighted by Gasteiger charge is -2.28. The van der Waals surface area contributed by atoms with Crippen molar-refractivity contribution >= 4 is 28.7 Å². The minimum atomic E-state index is -0.731. The molecule has 4 N–H and O–H groups in total. The average Bonchev–Trinajstić information content (AvgIpc) is 3.14. The molecule has 0 saturated heterocycles. The van der Waals surface area contributed by atoms with Gasteiger partial charge in [-0.15, -0.1) is 0 Å². The second-order valence-corrected chi connectivity index (χ2v) is 7.35. The number of aryl methyl sites for hydroxylation is 1. The molecule has 3 aromatic rings. The molecule has 1 saturated carbocycles. The number of H-pyrrole nitrogens is 1. The number of ether oxygens (including phenoxy) is 1. The number of primary amides is 1. The van der Waals surface area contributed by atoms with Crippen molar-refractivity contribution in [2.45, 2.75) is 44.8 Å². The molecule has 1 aliphatic carbocycles. The third-order valence-corrected chi connectivity index (χ3v) is 5.40. The number of amides is 1. The maximum atomic E-state index is 13.2. The van der Waals surface area contributed by atoms with E-state index in [1.54, 1.807) is 6.20 Å². The van der Waals surface area contributed by atoms with Crippen LogP contribution in [0.3, 0.4) is 0 Å². The third kappa shape index (κ3) is 3.91. The molecule has 2 heterocycles. The van der Waals surface area contributed by atoms with Gasteiger partial charge in [0.25, 0.3) is 0 Å². The third-order valence-electron chi connectivity index (χ3n) is 5.40. The summed E-state index contributed by atoms with van der Waals surface area (Å²) in [6, 6.07) is 7.68. The number of anilines is 1. The van der Waals surface area contributed by atoms with Crippen molar-refractivity contribution in [2.24, 2.45) is 5.73 Å². The van der Waals surface area contributed by atoms with Gasteiger partial charge in [-0.2, -0.15) is 0 Å². The Labute approximate surface area is 167 Å². The van der Waals surface area contributed by atoms with Crippen molar-refractivity contribution in [1.29, 1.82) is 0 Å². The van der Waals surface area contributed by atoms with Crippen molar-refractivity contribution in [2.75, 3.05) is 5.32 Å². The summed E-state index contributed by atoms with van der Waals surface area (Å²) in [5.74, 6) is 0.568. The molecule has 8 heteroatoms. The number of benzene rings is 1. The Kier molecular flexibility index (Phi) is 5.16. The SMILES string of the molecule is Cc1ccccc1C(=O)c1c[nH]c2ncnc(N[C@H]3CC[C@@H](OC(N)=O)CC3)c12. The predicted octanol–water partition coefficient (Wildman–Crippen LogP) is 3.32. The first-order valence-electron chi connectivity index (χ1n) is 9.68. The maximum Gasteiger partial charge on any atom is 0.404 e. The highest BCUT2D eigenvalue weighted by Crippen LogP contribution is 2.29. The number of nitrogens with two attached hydrogens (primary N) is 1. The largest absolute Gasteiger partial charge is 0.446 e. The molecule has 0 radical (unpaired) electrons. The van der Waals surface area contributed by atoms with Crippen LogP contribution in [0.2, 0.25) is 0 Å². The molecular formula is C21H23N5O3. The van der Waals surface area contributed by atoms with E-state index >= 15 is 0 Å². The summed E-state index contributed by atoms with van der Waals surface area (Å²) in [5.41, 5.74) is 7.85. The monoisotopic (exact) mass is 393 g/mol. The molecule has 4 rings (SSSR count). The van der Waals surface area contributed by atoms with Gasteiger partial charge < -0.3 is 20.8 Å². The van der Waals surface area contributed by atoms with Gasteiger partial charge >= 0.3 is 6.09 Å². The number of carbonyl (C=O) groups excluding carboxylic acids is 2. The van der Waals surface area contributed by atoms with Crippen molar-refractivity contribution in [3.63, 3.8) is 0 Å². The second kappa shape index (κ2) is 7.90. The standard InChI is InChI=1S/C21H23N5O3/c1-12-4-2-3-5-15(12)18(27)16-10-23-19-17(16)20(25-11-24-19)26-13-6-8-14(9-7-13)29-21(22)28/h2-5,10-11,13-14H,6-9H2,1H3,(H2,22,28)(H2,23,24,25,26)/t13-,14+. The van der Waals surface area contributed by atoms with Gasteiger partial charge in [0.15, 0.2) is 5.78 Å².